The first-order valence-electron chi connectivity index (χ1n) is 13.1. The number of carbonyl (C=O) groups is 3. The third-order valence-electron chi connectivity index (χ3n) is 6.65. The summed E-state index contributed by atoms with van der Waals surface area (Å²) in [6.45, 7) is -0.614. The quantitative estimate of drug-likeness (QED) is 0.204. The summed E-state index contributed by atoms with van der Waals surface area (Å²) in [7, 11) is 0. The number of alkyl halides is 3. The zero-order valence-electron chi connectivity index (χ0n) is 23.1. The minimum Gasteiger partial charge on any atom is -0.462 e. The summed E-state index contributed by atoms with van der Waals surface area (Å²) >= 11 is 11.4. The second kappa shape index (κ2) is 13.2. The number of ether oxygens (including phenoxy) is 2. The van der Waals surface area contributed by atoms with Gasteiger partial charge in [0.05, 0.1) is 19.1 Å². The Morgan fingerprint density at radius 2 is 1.91 bits per heavy atom. The smallest absolute Gasteiger partial charge is 0.323 e. The Morgan fingerprint density at radius 1 is 1.23 bits per heavy atom. The number of rotatable bonds is 11. The zero-order valence-corrected chi connectivity index (χ0v) is 25.6. The van der Waals surface area contributed by atoms with E-state index in [0.29, 0.717) is 10.3 Å². The summed E-state index contributed by atoms with van der Waals surface area (Å²) in [5, 5.41) is 14.2. The van der Waals surface area contributed by atoms with Crippen molar-refractivity contribution < 1.29 is 51.2 Å². The van der Waals surface area contributed by atoms with E-state index in [1.165, 1.54) is 6.92 Å². The van der Waals surface area contributed by atoms with Crippen molar-refractivity contribution >= 4 is 58.5 Å². The van der Waals surface area contributed by atoms with Crippen LogP contribution in [-0.4, -0.2) is 76.9 Å². The van der Waals surface area contributed by atoms with Crippen LogP contribution < -0.4 is 9.61 Å². The van der Waals surface area contributed by atoms with E-state index in [-0.39, 0.29) is 5.75 Å². The number of benzene rings is 2. The fourth-order valence-electron chi connectivity index (χ4n) is 4.46. The third-order valence-corrected chi connectivity index (χ3v) is 9.42. The van der Waals surface area contributed by atoms with Crippen LogP contribution in [0.4, 0.5) is 13.2 Å². The minimum atomic E-state index is -4.00. The normalized spacial score (nSPS) is 26.5. The number of amides is 1. The molecular formula is C27H29ClF3N2O8PS. The first kappa shape index (κ1) is 33.3. The number of carbonyl (C=O) groups excluding carboxylic acids is 3. The van der Waals surface area contributed by atoms with Gasteiger partial charge in [0.25, 0.3) is 6.43 Å². The molecule has 2 aromatic rings. The van der Waals surface area contributed by atoms with Crippen LogP contribution in [0.3, 0.4) is 0 Å². The molecule has 2 N–H and O–H groups in total. The lowest BCUT2D eigenvalue weighted by molar-refractivity contribution is -0.192. The van der Waals surface area contributed by atoms with Crippen LogP contribution in [0, 0.1) is 0 Å². The summed E-state index contributed by atoms with van der Waals surface area (Å²) in [4.78, 5) is 37.4. The van der Waals surface area contributed by atoms with Crippen LogP contribution in [-0.2, 0) is 40.2 Å². The Morgan fingerprint density at radius 3 is 2.58 bits per heavy atom. The molecule has 1 amide bonds. The van der Waals surface area contributed by atoms with E-state index in [4.69, 9.17) is 41.9 Å². The summed E-state index contributed by atoms with van der Waals surface area (Å²) in [6.07, 6.45) is -11.1. The van der Waals surface area contributed by atoms with E-state index in [1.54, 1.807) is 56.3 Å². The molecule has 43 heavy (non-hydrogen) atoms. The van der Waals surface area contributed by atoms with E-state index in [2.05, 4.69) is 5.09 Å². The molecule has 2 aliphatic rings. The SMILES string of the molecule is CC(C)OC(=O)[C@H](C)NP(=S)(OC[C@@]1(C(F)F)O[C@@H](N2C=C(Cl)C(=O)CC2=O)[C@H](O)[C@H]1F)Oc1cccc2ccccc12. The van der Waals surface area contributed by atoms with Crippen molar-refractivity contribution in [2.24, 2.45) is 0 Å². The van der Waals surface area contributed by atoms with Gasteiger partial charge >= 0.3 is 12.6 Å². The zero-order chi connectivity index (χ0) is 31.7. The van der Waals surface area contributed by atoms with Crippen molar-refractivity contribution in [1.29, 1.82) is 0 Å². The predicted octanol–water partition coefficient (Wildman–Crippen LogP) is 4.33. The molecule has 234 valence electrons. The average molecular weight is 665 g/mol. The molecule has 10 nitrogen and oxygen atoms in total. The number of esters is 1. The molecule has 1 fully saturated rings. The molecule has 0 saturated carbocycles. The molecule has 2 aliphatic heterocycles. The van der Waals surface area contributed by atoms with Crippen LogP contribution in [0.5, 0.6) is 5.75 Å². The second-order valence-corrected chi connectivity index (χ2v) is 13.8. The van der Waals surface area contributed by atoms with Crippen molar-refractivity contribution in [1.82, 2.24) is 9.99 Å². The first-order chi connectivity index (χ1) is 20.2. The number of aliphatic hydroxyl groups excluding tert-OH is 1. The molecule has 2 heterocycles. The van der Waals surface area contributed by atoms with E-state index in [0.717, 1.165) is 11.6 Å². The Bertz CT molecular complexity index is 1480. The average Bonchev–Trinajstić information content (AvgIpc) is 3.20. The Kier molecular flexibility index (Phi) is 10.2. The Labute approximate surface area is 255 Å². The second-order valence-electron chi connectivity index (χ2n) is 10.2. The largest absolute Gasteiger partial charge is 0.462 e. The lowest BCUT2D eigenvalue weighted by atomic mass is 9.98. The van der Waals surface area contributed by atoms with Gasteiger partial charge < -0.3 is 23.6 Å². The highest BCUT2D eigenvalue weighted by Crippen LogP contribution is 2.50. The molecule has 0 spiro atoms. The standard InChI is InChI=1S/C27H29ClF3N2O8PS/c1-14(2)39-25(37)15(3)32-42(43,41-20-10-6-8-16-7-4-5-9-17(16)20)38-13-27(26(30)31)23(29)22(36)24(40-27)33-12-18(28)19(34)11-21(33)35/h4-10,12,14-15,22-24,26,36H,11,13H2,1-3H3,(H,32,43)/t15-,22+,23+,24+,27+,42?/m0/s1. The number of allylic oxidation sites excluding steroid dienone is 1. The summed E-state index contributed by atoms with van der Waals surface area (Å²) in [6, 6.07) is 10.9. The van der Waals surface area contributed by atoms with Crippen molar-refractivity contribution in [3.8, 4) is 5.75 Å². The van der Waals surface area contributed by atoms with Crippen LogP contribution in [0.2, 0.25) is 0 Å². The minimum absolute atomic E-state index is 0.190. The fourth-order valence-corrected chi connectivity index (χ4v) is 7.06. The van der Waals surface area contributed by atoms with E-state index < -0.39 is 85.0 Å². The summed E-state index contributed by atoms with van der Waals surface area (Å²) in [5.74, 6) is -2.23. The highest BCUT2D eigenvalue weighted by atomic mass is 35.5. The predicted molar refractivity (Wildman–Crippen MR) is 154 cm³/mol. The van der Waals surface area contributed by atoms with E-state index in [9.17, 15) is 28.3 Å². The molecule has 0 radical (unpaired) electrons. The Hall–Kier alpha value is -2.58. The number of hydrogen-bond acceptors (Lipinski definition) is 9. The number of hydrogen-bond donors (Lipinski definition) is 2. The summed E-state index contributed by atoms with van der Waals surface area (Å²) < 4.78 is 67.1. The molecule has 0 aromatic heterocycles. The van der Waals surface area contributed by atoms with Gasteiger partial charge in [-0.25, -0.2) is 18.3 Å². The van der Waals surface area contributed by atoms with Crippen molar-refractivity contribution in [2.45, 2.75) is 69.9 Å². The van der Waals surface area contributed by atoms with Gasteiger partial charge in [0.15, 0.2) is 23.8 Å². The van der Waals surface area contributed by atoms with Crippen molar-refractivity contribution in [3.05, 3.63) is 53.7 Å². The molecule has 1 unspecified atom stereocenters. The van der Waals surface area contributed by atoms with Gasteiger partial charge in [-0.2, -0.15) is 0 Å². The van der Waals surface area contributed by atoms with Crippen LogP contribution >= 0.6 is 18.2 Å². The first-order valence-corrected chi connectivity index (χ1v) is 16.1. The molecule has 2 aromatic carbocycles. The van der Waals surface area contributed by atoms with Gasteiger partial charge in [-0.3, -0.25) is 19.3 Å². The fraction of sp³-hybridized carbons (Fsp3) is 0.444. The third kappa shape index (κ3) is 7.06. The van der Waals surface area contributed by atoms with Crippen LogP contribution in [0.15, 0.2) is 53.7 Å². The molecule has 0 aliphatic carbocycles. The number of nitrogens with one attached hydrogen (secondary N) is 1. The van der Waals surface area contributed by atoms with Gasteiger partial charge in [-0.05, 0) is 44.0 Å². The highest BCUT2D eigenvalue weighted by molar-refractivity contribution is 8.09. The number of halogens is 4. The molecule has 1 saturated heterocycles. The van der Waals surface area contributed by atoms with Gasteiger partial charge in [-0.1, -0.05) is 48.0 Å². The number of fused-ring (bicyclic) bond motifs is 1. The van der Waals surface area contributed by atoms with Gasteiger partial charge in [0.1, 0.15) is 22.9 Å². The number of aliphatic hydroxyl groups is 1. The van der Waals surface area contributed by atoms with Crippen LogP contribution in [0.1, 0.15) is 27.2 Å². The maximum absolute atomic E-state index is 15.6. The number of nitrogens with zero attached hydrogens (tertiary/aromatic N) is 1. The van der Waals surface area contributed by atoms with Gasteiger partial charge in [0.2, 0.25) is 5.91 Å². The highest BCUT2D eigenvalue weighted by Gasteiger charge is 2.63. The topological polar surface area (TPSA) is 124 Å². The van der Waals surface area contributed by atoms with Crippen LogP contribution in [0.25, 0.3) is 10.8 Å². The number of ketones is 1. The lowest BCUT2D eigenvalue weighted by Crippen LogP contribution is -2.51. The molecule has 4 rings (SSSR count). The van der Waals surface area contributed by atoms with E-state index >= 15 is 4.39 Å². The van der Waals surface area contributed by atoms with E-state index in [1.807, 2.05) is 0 Å². The monoisotopic (exact) mass is 664 g/mol. The molecule has 6 atom stereocenters. The molecule has 0 bridgehead atoms. The van der Waals surface area contributed by atoms with Gasteiger partial charge in [-0.15, -0.1) is 0 Å². The van der Waals surface area contributed by atoms with Crippen molar-refractivity contribution in [3.63, 3.8) is 0 Å². The number of Topliss-reactive ketones (excluding diaryl/α,β-unsaturated/α-hetero) is 1. The molecular weight excluding hydrogens is 636 g/mol. The van der Waals surface area contributed by atoms with Crippen molar-refractivity contribution in [2.75, 3.05) is 6.61 Å². The van der Waals surface area contributed by atoms with Gasteiger partial charge in [0, 0.05) is 11.6 Å². The summed E-state index contributed by atoms with van der Waals surface area (Å²) in [5.41, 5.74) is -3.14. The Balaban J connectivity index is 1.66. The molecule has 16 heteroatoms. The maximum Gasteiger partial charge on any atom is 0.323 e. The maximum atomic E-state index is 15.6. The lowest BCUT2D eigenvalue weighted by Gasteiger charge is -2.34.